The van der Waals surface area contributed by atoms with Crippen LogP contribution in [0.4, 0.5) is 0 Å². The molecule has 0 spiro atoms. The number of nitrogens with zero attached hydrogens (tertiary/aromatic N) is 2. The zero-order valence-corrected chi connectivity index (χ0v) is 11.9. The van der Waals surface area contributed by atoms with Crippen molar-refractivity contribution in [3.8, 4) is 0 Å². The average Bonchev–Trinajstić information content (AvgIpc) is 2.25. The first-order chi connectivity index (χ1) is 7.56. The van der Waals surface area contributed by atoms with Crippen LogP contribution >= 0.6 is 27.5 Å². The first kappa shape index (κ1) is 13.7. The Hall–Kier alpha value is -0.350. The minimum Gasteiger partial charge on any atom is -0.298 e. The summed E-state index contributed by atoms with van der Waals surface area (Å²) >= 11 is 8.92. The van der Waals surface area contributed by atoms with Crippen LogP contribution < -0.4 is 5.56 Å². The van der Waals surface area contributed by atoms with E-state index in [1.807, 2.05) is 6.92 Å². The summed E-state index contributed by atoms with van der Waals surface area (Å²) in [7, 11) is 0. The van der Waals surface area contributed by atoms with Gasteiger partial charge in [-0.1, -0.05) is 6.92 Å². The molecule has 0 N–H and O–H groups in total. The summed E-state index contributed by atoms with van der Waals surface area (Å²) in [5, 5.41) is 0. The molecule has 1 aromatic heterocycles. The third-order valence-electron chi connectivity index (χ3n) is 2.62. The zero-order valence-electron chi connectivity index (χ0n) is 9.54. The summed E-state index contributed by atoms with van der Waals surface area (Å²) in [6, 6.07) is 0. The summed E-state index contributed by atoms with van der Waals surface area (Å²) in [6.07, 6.45) is 3.54. The van der Waals surface area contributed by atoms with Crippen molar-refractivity contribution in [2.24, 2.45) is 5.92 Å². The highest BCUT2D eigenvalue weighted by atomic mass is 79.9. The molecule has 0 saturated carbocycles. The van der Waals surface area contributed by atoms with Crippen LogP contribution in [0, 0.1) is 12.8 Å². The SMILES string of the molecule is Cc1ncn(CCC(C)CCCl)c(=O)c1Br. The molecule has 1 rings (SSSR count). The molecule has 0 bridgehead atoms. The molecule has 0 radical (unpaired) electrons. The largest absolute Gasteiger partial charge is 0.298 e. The van der Waals surface area contributed by atoms with Gasteiger partial charge in [0.15, 0.2) is 0 Å². The van der Waals surface area contributed by atoms with Gasteiger partial charge < -0.3 is 0 Å². The first-order valence-electron chi connectivity index (χ1n) is 5.33. The van der Waals surface area contributed by atoms with Gasteiger partial charge in [0.25, 0.3) is 5.56 Å². The predicted molar refractivity (Wildman–Crippen MR) is 70.1 cm³/mol. The number of aryl methyl sites for hydroxylation is 2. The number of hydrogen-bond donors (Lipinski definition) is 0. The van der Waals surface area contributed by atoms with Crippen LogP contribution in [-0.4, -0.2) is 15.4 Å². The monoisotopic (exact) mass is 306 g/mol. The molecule has 0 aliphatic heterocycles. The van der Waals surface area contributed by atoms with Crippen LogP contribution in [0.2, 0.25) is 0 Å². The molecule has 0 aliphatic rings. The smallest absolute Gasteiger partial charge is 0.267 e. The first-order valence-corrected chi connectivity index (χ1v) is 6.66. The molecule has 1 unspecified atom stereocenters. The Kier molecular flexibility index (Phi) is 5.49. The molecule has 1 atom stereocenters. The van der Waals surface area contributed by atoms with Crippen molar-refractivity contribution in [3.05, 3.63) is 26.8 Å². The normalized spacial score (nSPS) is 12.8. The van der Waals surface area contributed by atoms with Crippen LogP contribution in [0.15, 0.2) is 15.6 Å². The average molecular weight is 308 g/mol. The minimum atomic E-state index is -0.00873. The molecule has 0 aliphatic carbocycles. The van der Waals surface area contributed by atoms with Gasteiger partial charge in [0.1, 0.15) is 4.47 Å². The van der Waals surface area contributed by atoms with Crippen molar-refractivity contribution >= 4 is 27.5 Å². The van der Waals surface area contributed by atoms with Crippen LogP contribution in [-0.2, 0) is 6.54 Å². The lowest BCUT2D eigenvalue weighted by Gasteiger charge is -2.11. The third-order valence-corrected chi connectivity index (χ3v) is 3.75. The topological polar surface area (TPSA) is 34.9 Å². The fourth-order valence-electron chi connectivity index (χ4n) is 1.40. The zero-order chi connectivity index (χ0) is 12.1. The highest BCUT2D eigenvalue weighted by Crippen LogP contribution is 2.10. The Morgan fingerprint density at radius 1 is 1.56 bits per heavy atom. The van der Waals surface area contributed by atoms with Gasteiger partial charge >= 0.3 is 0 Å². The predicted octanol–water partition coefficient (Wildman–Crippen LogP) is 2.97. The lowest BCUT2D eigenvalue weighted by atomic mass is 10.1. The molecule has 1 aromatic rings. The molecule has 0 fully saturated rings. The van der Waals surface area contributed by atoms with Crippen molar-refractivity contribution in [2.45, 2.75) is 33.2 Å². The second-order valence-corrected chi connectivity index (χ2v) is 5.18. The highest BCUT2D eigenvalue weighted by Gasteiger charge is 2.07. The Morgan fingerprint density at radius 2 is 2.25 bits per heavy atom. The van der Waals surface area contributed by atoms with Crippen molar-refractivity contribution < 1.29 is 0 Å². The number of rotatable bonds is 5. The highest BCUT2D eigenvalue weighted by molar-refractivity contribution is 9.10. The fraction of sp³-hybridized carbons (Fsp3) is 0.636. The van der Waals surface area contributed by atoms with Gasteiger partial charge in [0, 0.05) is 12.4 Å². The van der Waals surface area contributed by atoms with Crippen molar-refractivity contribution in [1.29, 1.82) is 0 Å². The standard InChI is InChI=1S/C11H16BrClN2O/c1-8(3-5-13)4-6-15-7-14-9(2)10(12)11(15)16/h7-8H,3-6H2,1-2H3. The van der Waals surface area contributed by atoms with Gasteiger partial charge in [-0.2, -0.15) is 0 Å². The van der Waals surface area contributed by atoms with E-state index in [4.69, 9.17) is 11.6 Å². The number of halogens is 2. The Bertz CT molecular complexity index is 405. The minimum absolute atomic E-state index is 0.00873. The summed E-state index contributed by atoms with van der Waals surface area (Å²) in [5.41, 5.74) is 0.723. The van der Waals surface area contributed by atoms with Gasteiger partial charge in [-0.15, -0.1) is 11.6 Å². The lowest BCUT2D eigenvalue weighted by molar-refractivity contribution is 0.461. The van der Waals surface area contributed by atoms with Crippen molar-refractivity contribution in [1.82, 2.24) is 9.55 Å². The second kappa shape index (κ2) is 6.40. The van der Waals surface area contributed by atoms with E-state index in [0.29, 0.717) is 22.8 Å². The van der Waals surface area contributed by atoms with Gasteiger partial charge in [0.05, 0.1) is 12.0 Å². The maximum absolute atomic E-state index is 11.8. The van der Waals surface area contributed by atoms with Crippen molar-refractivity contribution in [2.75, 3.05) is 5.88 Å². The molecule has 5 heteroatoms. The van der Waals surface area contributed by atoms with Crippen LogP contribution in [0.1, 0.15) is 25.5 Å². The quantitative estimate of drug-likeness (QED) is 0.784. The summed E-state index contributed by atoms with van der Waals surface area (Å²) < 4.78 is 2.20. The molecular weight excluding hydrogens is 291 g/mol. The number of alkyl halides is 1. The van der Waals surface area contributed by atoms with E-state index >= 15 is 0 Å². The number of hydrogen-bond acceptors (Lipinski definition) is 2. The van der Waals surface area contributed by atoms with E-state index in [1.54, 1.807) is 10.9 Å². The van der Waals surface area contributed by atoms with E-state index in [2.05, 4.69) is 27.8 Å². The Balaban J connectivity index is 2.68. The third kappa shape index (κ3) is 3.59. The van der Waals surface area contributed by atoms with Gasteiger partial charge in [0.2, 0.25) is 0 Å². The van der Waals surface area contributed by atoms with E-state index in [0.717, 1.165) is 18.5 Å². The van der Waals surface area contributed by atoms with E-state index < -0.39 is 0 Å². The van der Waals surface area contributed by atoms with E-state index in [9.17, 15) is 4.79 Å². The van der Waals surface area contributed by atoms with E-state index in [1.165, 1.54) is 0 Å². The molecule has 1 heterocycles. The molecule has 3 nitrogen and oxygen atoms in total. The molecule has 90 valence electrons. The van der Waals surface area contributed by atoms with Crippen molar-refractivity contribution in [3.63, 3.8) is 0 Å². The Morgan fingerprint density at radius 3 is 2.88 bits per heavy atom. The molecule has 0 amide bonds. The van der Waals surface area contributed by atoms with Crippen LogP contribution in [0.3, 0.4) is 0 Å². The molecular formula is C11H16BrClN2O. The summed E-state index contributed by atoms with van der Waals surface area (Å²) in [4.78, 5) is 16.0. The Labute approximate surface area is 109 Å². The van der Waals surface area contributed by atoms with Gasteiger partial charge in [-0.25, -0.2) is 4.98 Å². The van der Waals surface area contributed by atoms with Crippen LogP contribution in [0.25, 0.3) is 0 Å². The fourth-order valence-corrected chi connectivity index (χ4v) is 2.10. The maximum Gasteiger partial charge on any atom is 0.267 e. The van der Waals surface area contributed by atoms with Gasteiger partial charge in [-0.3, -0.25) is 9.36 Å². The second-order valence-electron chi connectivity index (χ2n) is 4.01. The molecule has 0 aromatic carbocycles. The molecule has 16 heavy (non-hydrogen) atoms. The maximum atomic E-state index is 11.8. The summed E-state index contributed by atoms with van der Waals surface area (Å²) in [6.45, 7) is 4.65. The summed E-state index contributed by atoms with van der Waals surface area (Å²) in [5.74, 6) is 1.20. The van der Waals surface area contributed by atoms with Crippen LogP contribution in [0.5, 0.6) is 0 Å². The lowest BCUT2D eigenvalue weighted by Crippen LogP contribution is -2.23. The molecule has 0 saturated heterocycles. The number of aromatic nitrogens is 2. The van der Waals surface area contributed by atoms with E-state index in [-0.39, 0.29) is 5.56 Å². The van der Waals surface area contributed by atoms with Gasteiger partial charge in [-0.05, 0) is 41.6 Å².